The van der Waals surface area contributed by atoms with Crippen LogP contribution in [-0.4, -0.2) is 15.0 Å². The van der Waals surface area contributed by atoms with Crippen molar-refractivity contribution in [3.8, 4) is 11.5 Å². The van der Waals surface area contributed by atoms with E-state index in [0.717, 1.165) is 37.5 Å². The van der Waals surface area contributed by atoms with E-state index in [4.69, 9.17) is 12.2 Å². The zero-order valence-electron chi connectivity index (χ0n) is 9.04. The molecule has 2 aromatic rings. The number of fused-ring (bicyclic) bond motifs is 1. The average molecular weight is 405 g/mol. The molecule has 2 aromatic heterocycles. The quantitative estimate of drug-likeness (QED) is 0.711. The summed E-state index contributed by atoms with van der Waals surface area (Å²) in [6.07, 6.45) is 1.75. The van der Waals surface area contributed by atoms with Gasteiger partial charge in [0.05, 0.1) is 0 Å². The number of halogens is 2. The predicted octanol–water partition coefficient (Wildman–Crippen LogP) is 4.47. The first-order valence-corrected chi connectivity index (χ1v) is 8.31. The van der Waals surface area contributed by atoms with Gasteiger partial charge in [-0.05, 0) is 37.9 Å². The van der Waals surface area contributed by atoms with Crippen molar-refractivity contribution < 1.29 is 0 Å². The third kappa shape index (κ3) is 2.29. The molecule has 18 heavy (non-hydrogen) atoms. The highest BCUT2D eigenvalue weighted by Gasteiger charge is 2.17. The number of H-pyrrole nitrogens is 1. The van der Waals surface area contributed by atoms with Crippen LogP contribution in [0.4, 0.5) is 0 Å². The van der Waals surface area contributed by atoms with Crippen LogP contribution in [0.25, 0.3) is 11.5 Å². The number of rotatable bonds is 1. The molecule has 0 radical (unpaired) electrons. The molecule has 3 heterocycles. The SMILES string of the molecule is S=c1nc(-c2ncc(Br)cc2Br)[nH]c2c1CSC2. The zero-order valence-corrected chi connectivity index (χ0v) is 13.8. The molecule has 0 spiro atoms. The Morgan fingerprint density at radius 1 is 1.33 bits per heavy atom. The van der Waals surface area contributed by atoms with Crippen molar-refractivity contribution in [1.29, 1.82) is 0 Å². The van der Waals surface area contributed by atoms with Gasteiger partial charge in [0.25, 0.3) is 0 Å². The van der Waals surface area contributed by atoms with Gasteiger partial charge in [-0.2, -0.15) is 11.8 Å². The molecule has 0 amide bonds. The molecule has 0 aromatic carbocycles. The second-order valence-corrected chi connectivity index (χ2v) is 6.97. The van der Waals surface area contributed by atoms with Crippen LogP contribution in [0.3, 0.4) is 0 Å². The van der Waals surface area contributed by atoms with Gasteiger partial charge in [-0.25, -0.2) is 4.98 Å². The van der Waals surface area contributed by atoms with Crippen LogP contribution >= 0.6 is 55.8 Å². The van der Waals surface area contributed by atoms with Crippen molar-refractivity contribution >= 4 is 55.8 Å². The molecular weight excluding hydrogens is 398 g/mol. The maximum absolute atomic E-state index is 5.34. The van der Waals surface area contributed by atoms with Crippen molar-refractivity contribution in [2.45, 2.75) is 11.5 Å². The van der Waals surface area contributed by atoms with Crippen LogP contribution in [0.2, 0.25) is 0 Å². The van der Waals surface area contributed by atoms with Crippen LogP contribution in [0, 0.1) is 4.64 Å². The fourth-order valence-corrected chi connectivity index (χ4v) is 4.39. The van der Waals surface area contributed by atoms with Gasteiger partial charge >= 0.3 is 0 Å². The van der Waals surface area contributed by atoms with Crippen molar-refractivity contribution in [1.82, 2.24) is 15.0 Å². The highest BCUT2D eigenvalue weighted by molar-refractivity contribution is 9.11. The monoisotopic (exact) mass is 403 g/mol. The van der Waals surface area contributed by atoms with Crippen molar-refractivity contribution in [3.63, 3.8) is 0 Å². The molecule has 0 unspecified atom stereocenters. The smallest absolute Gasteiger partial charge is 0.159 e. The van der Waals surface area contributed by atoms with E-state index in [2.05, 4.69) is 46.8 Å². The fourth-order valence-electron chi connectivity index (χ4n) is 1.77. The van der Waals surface area contributed by atoms with Gasteiger partial charge in [-0.3, -0.25) is 4.98 Å². The Morgan fingerprint density at radius 3 is 2.94 bits per heavy atom. The van der Waals surface area contributed by atoms with E-state index in [9.17, 15) is 0 Å². The van der Waals surface area contributed by atoms with Crippen LogP contribution in [-0.2, 0) is 11.5 Å². The topological polar surface area (TPSA) is 41.6 Å². The number of hydrogen-bond acceptors (Lipinski definition) is 4. The third-order valence-electron chi connectivity index (χ3n) is 2.63. The maximum atomic E-state index is 5.34. The molecule has 3 rings (SSSR count). The minimum atomic E-state index is 0.681. The highest BCUT2D eigenvalue weighted by atomic mass is 79.9. The molecule has 3 nitrogen and oxygen atoms in total. The average Bonchev–Trinajstić information content (AvgIpc) is 2.77. The predicted molar refractivity (Wildman–Crippen MR) is 83.1 cm³/mol. The van der Waals surface area contributed by atoms with Gasteiger partial charge < -0.3 is 4.98 Å². The number of nitrogens with one attached hydrogen (secondary N) is 1. The molecular formula is C11H7Br2N3S2. The number of thioether (sulfide) groups is 1. The zero-order chi connectivity index (χ0) is 12.7. The first-order chi connectivity index (χ1) is 8.65. The second kappa shape index (κ2) is 5.03. The van der Waals surface area contributed by atoms with Gasteiger partial charge in [-0.1, -0.05) is 12.2 Å². The van der Waals surface area contributed by atoms with Crippen LogP contribution in [0.1, 0.15) is 11.3 Å². The molecule has 0 aliphatic carbocycles. The van der Waals surface area contributed by atoms with Crippen molar-refractivity contribution in [2.75, 3.05) is 0 Å². The molecule has 92 valence electrons. The summed E-state index contributed by atoms with van der Waals surface area (Å²) in [7, 11) is 0. The molecule has 0 saturated carbocycles. The molecule has 0 atom stereocenters. The largest absolute Gasteiger partial charge is 0.341 e. The van der Waals surface area contributed by atoms with E-state index in [-0.39, 0.29) is 0 Å². The lowest BCUT2D eigenvalue weighted by Crippen LogP contribution is -1.99. The van der Waals surface area contributed by atoms with E-state index in [1.807, 2.05) is 17.8 Å². The van der Waals surface area contributed by atoms with Crippen LogP contribution < -0.4 is 0 Å². The molecule has 0 saturated heterocycles. The van der Waals surface area contributed by atoms with E-state index in [1.165, 1.54) is 5.69 Å². The standard InChI is InChI=1S/C11H7Br2N3S2/c12-5-1-7(13)9(14-2-5)10-15-8-4-18-3-6(8)11(17)16-10/h1-2H,3-4H2,(H,15,16,17). The van der Waals surface area contributed by atoms with Crippen LogP contribution in [0.5, 0.6) is 0 Å². The summed E-state index contributed by atoms with van der Waals surface area (Å²) >= 11 is 14.1. The summed E-state index contributed by atoms with van der Waals surface area (Å²) in [5.41, 5.74) is 3.11. The van der Waals surface area contributed by atoms with E-state index < -0.39 is 0 Å². The van der Waals surface area contributed by atoms with Crippen molar-refractivity contribution in [3.05, 3.63) is 37.1 Å². The summed E-state index contributed by atoms with van der Waals surface area (Å²) < 4.78 is 2.49. The lowest BCUT2D eigenvalue weighted by molar-refractivity contribution is 1.04. The maximum Gasteiger partial charge on any atom is 0.159 e. The van der Waals surface area contributed by atoms with Gasteiger partial charge in [0.15, 0.2) is 5.82 Å². The lowest BCUT2D eigenvalue weighted by Gasteiger charge is -2.06. The first-order valence-electron chi connectivity index (χ1n) is 5.16. The normalized spacial score (nSPS) is 13.7. The summed E-state index contributed by atoms with van der Waals surface area (Å²) in [6, 6.07) is 1.95. The Labute approximate surface area is 130 Å². The van der Waals surface area contributed by atoms with Gasteiger partial charge in [0.1, 0.15) is 10.3 Å². The summed E-state index contributed by atoms with van der Waals surface area (Å²) in [4.78, 5) is 12.2. The van der Waals surface area contributed by atoms with Crippen molar-refractivity contribution in [2.24, 2.45) is 0 Å². The Morgan fingerprint density at radius 2 is 2.17 bits per heavy atom. The van der Waals surface area contributed by atoms with Gasteiger partial charge in [0, 0.05) is 37.9 Å². The van der Waals surface area contributed by atoms with Gasteiger partial charge in [0.2, 0.25) is 0 Å². The fraction of sp³-hybridized carbons (Fsp3) is 0.182. The summed E-state index contributed by atoms with van der Waals surface area (Å²) in [6.45, 7) is 0. The van der Waals surface area contributed by atoms with Crippen LogP contribution in [0.15, 0.2) is 21.2 Å². The first kappa shape index (κ1) is 12.8. The summed E-state index contributed by atoms with van der Waals surface area (Å²) in [5, 5.41) is 0. The second-order valence-electron chi connectivity index (χ2n) is 3.82. The Bertz CT molecular complexity index is 684. The van der Waals surface area contributed by atoms with E-state index in [1.54, 1.807) is 6.20 Å². The van der Waals surface area contributed by atoms with Gasteiger partial charge in [-0.15, -0.1) is 0 Å². The third-order valence-corrected chi connectivity index (χ3v) is 4.99. The Hall–Kier alpha value is -0.240. The number of aromatic nitrogens is 3. The Balaban J connectivity index is 2.18. The molecule has 1 N–H and O–H groups in total. The minimum Gasteiger partial charge on any atom is -0.341 e. The summed E-state index contributed by atoms with van der Waals surface area (Å²) in [5.74, 6) is 2.64. The lowest BCUT2D eigenvalue weighted by atomic mass is 10.2. The van der Waals surface area contributed by atoms with E-state index >= 15 is 0 Å². The molecule has 0 bridgehead atoms. The molecule has 1 aliphatic heterocycles. The number of pyridine rings is 1. The number of aromatic amines is 1. The highest BCUT2D eigenvalue weighted by Crippen LogP contribution is 2.32. The molecule has 7 heteroatoms. The number of hydrogen-bond donors (Lipinski definition) is 1. The molecule has 1 aliphatic rings. The minimum absolute atomic E-state index is 0.681. The number of nitrogens with zero attached hydrogens (tertiary/aromatic N) is 2. The van der Waals surface area contributed by atoms with E-state index in [0.29, 0.717) is 4.64 Å². The molecule has 0 fully saturated rings. The Kier molecular flexibility index (Phi) is 3.57.